The minimum absolute atomic E-state index is 0.629. The van der Waals surface area contributed by atoms with E-state index in [1.54, 1.807) is 12.4 Å². The molecule has 0 aliphatic carbocycles. The molecule has 1 aromatic rings. The normalized spacial score (nSPS) is 9.80. The monoisotopic (exact) mass is 172 g/mol. The van der Waals surface area contributed by atoms with Crippen LogP contribution in [0.15, 0.2) is 12.4 Å². The summed E-state index contributed by atoms with van der Waals surface area (Å²) >= 11 is 8.19. The van der Waals surface area contributed by atoms with Crippen LogP contribution in [0.4, 0.5) is 0 Å². The van der Waals surface area contributed by atoms with Gasteiger partial charge in [0.15, 0.2) is 0 Å². The van der Waals surface area contributed by atoms with Gasteiger partial charge in [-0.2, -0.15) is 25.3 Å². The molecule has 0 atom stereocenters. The molecule has 1 heterocycles. The van der Waals surface area contributed by atoms with Gasteiger partial charge in [-0.05, 0) is 0 Å². The van der Waals surface area contributed by atoms with E-state index >= 15 is 0 Å². The van der Waals surface area contributed by atoms with Crippen LogP contribution in [0.25, 0.3) is 0 Å². The molecule has 0 N–H and O–H groups in total. The standard InChI is InChI=1S/C6H8N2S2/c9-3-5-6(4-10)8-2-1-7-5/h1-2,9-10H,3-4H2. The van der Waals surface area contributed by atoms with Crippen LogP contribution in [0.3, 0.4) is 0 Å². The minimum Gasteiger partial charge on any atom is -0.257 e. The van der Waals surface area contributed by atoms with Gasteiger partial charge >= 0.3 is 0 Å². The molecule has 0 fully saturated rings. The SMILES string of the molecule is SCc1nccnc1CS. The fraction of sp³-hybridized carbons (Fsp3) is 0.333. The highest BCUT2D eigenvalue weighted by molar-refractivity contribution is 7.79. The van der Waals surface area contributed by atoms with Crippen molar-refractivity contribution in [2.45, 2.75) is 11.5 Å². The average Bonchev–Trinajstić information content (AvgIpc) is 2.04. The Hall–Kier alpha value is -0.220. The van der Waals surface area contributed by atoms with Crippen molar-refractivity contribution in [3.8, 4) is 0 Å². The van der Waals surface area contributed by atoms with Gasteiger partial charge in [0.05, 0.1) is 11.4 Å². The van der Waals surface area contributed by atoms with Gasteiger partial charge in [-0.15, -0.1) is 0 Å². The van der Waals surface area contributed by atoms with Crippen LogP contribution in [0.2, 0.25) is 0 Å². The number of hydrogen-bond donors (Lipinski definition) is 2. The second-order valence-electron chi connectivity index (χ2n) is 1.77. The summed E-state index contributed by atoms with van der Waals surface area (Å²) in [7, 11) is 0. The Morgan fingerprint density at radius 1 is 1.00 bits per heavy atom. The van der Waals surface area contributed by atoms with Gasteiger partial charge in [0.2, 0.25) is 0 Å². The van der Waals surface area contributed by atoms with Crippen LogP contribution >= 0.6 is 25.3 Å². The Labute approximate surface area is 70.9 Å². The molecule has 4 heteroatoms. The minimum atomic E-state index is 0.629. The van der Waals surface area contributed by atoms with Crippen molar-refractivity contribution in [1.82, 2.24) is 9.97 Å². The zero-order valence-electron chi connectivity index (χ0n) is 5.36. The molecule has 0 aliphatic rings. The van der Waals surface area contributed by atoms with Gasteiger partial charge in [0, 0.05) is 23.9 Å². The largest absolute Gasteiger partial charge is 0.257 e. The lowest BCUT2D eigenvalue weighted by atomic mass is 10.3. The quantitative estimate of drug-likeness (QED) is 0.658. The number of aromatic nitrogens is 2. The zero-order valence-corrected chi connectivity index (χ0v) is 7.15. The number of thiol groups is 2. The van der Waals surface area contributed by atoms with Gasteiger partial charge in [0.25, 0.3) is 0 Å². The predicted molar refractivity (Wildman–Crippen MR) is 47.4 cm³/mol. The van der Waals surface area contributed by atoms with Gasteiger partial charge in [-0.3, -0.25) is 9.97 Å². The van der Waals surface area contributed by atoms with E-state index in [2.05, 4.69) is 35.2 Å². The van der Waals surface area contributed by atoms with Crippen LogP contribution in [-0.4, -0.2) is 9.97 Å². The smallest absolute Gasteiger partial charge is 0.0723 e. The molecule has 54 valence electrons. The van der Waals surface area contributed by atoms with E-state index in [0.29, 0.717) is 11.5 Å². The van der Waals surface area contributed by atoms with Crippen LogP contribution in [0.5, 0.6) is 0 Å². The first kappa shape index (κ1) is 7.88. The van der Waals surface area contributed by atoms with E-state index < -0.39 is 0 Å². The molecule has 0 amide bonds. The van der Waals surface area contributed by atoms with Gasteiger partial charge in [-0.1, -0.05) is 0 Å². The first-order valence-electron chi connectivity index (χ1n) is 2.89. The van der Waals surface area contributed by atoms with E-state index in [0.717, 1.165) is 11.4 Å². The first-order chi connectivity index (χ1) is 4.88. The second-order valence-corrected chi connectivity index (χ2v) is 2.40. The van der Waals surface area contributed by atoms with Gasteiger partial charge in [0.1, 0.15) is 0 Å². The van der Waals surface area contributed by atoms with E-state index in [4.69, 9.17) is 0 Å². The molecule has 1 rings (SSSR count). The lowest BCUT2D eigenvalue weighted by Crippen LogP contribution is -1.95. The Morgan fingerprint density at radius 2 is 1.40 bits per heavy atom. The summed E-state index contributed by atoms with van der Waals surface area (Å²) in [5.74, 6) is 1.26. The molecule has 0 aromatic carbocycles. The summed E-state index contributed by atoms with van der Waals surface area (Å²) in [6.07, 6.45) is 3.33. The van der Waals surface area contributed by atoms with E-state index in [9.17, 15) is 0 Å². The molecule has 0 spiro atoms. The molecule has 10 heavy (non-hydrogen) atoms. The van der Waals surface area contributed by atoms with Crippen molar-refractivity contribution in [2.24, 2.45) is 0 Å². The third-order valence-electron chi connectivity index (χ3n) is 1.16. The van der Waals surface area contributed by atoms with Crippen LogP contribution in [0.1, 0.15) is 11.4 Å². The molecule has 0 aliphatic heterocycles. The maximum absolute atomic E-state index is 4.10. The van der Waals surface area contributed by atoms with E-state index in [-0.39, 0.29) is 0 Å². The Morgan fingerprint density at radius 3 is 1.70 bits per heavy atom. The third kappa shape index (κ3) is 1.64. The highest BCUT2D eigenvalue weighted by atomic mass is 32.1. The molecular formula is C6H8N2S2. The maximum atomic E-state index is 4.10. The fourth-order valence-corrected chi connectivity index (χ4v) is 1.19. The third-order valence-corrected chi connectivity index (χ3v) is 1.76. The lowest BCUT2D eigenvalue weighted by molar-refractivity contribution is 1.03. The van der Waals surface area contributed by atoms with E-state index in [1.807, 2.05) is 0 Å². The molecule has 0 bridgehead atoms. The number of rotatable bonds is 2. The molecular weight excluding hydrogens is 164 g/mol. The Bertz CT molecular complexity index is 192. The molecule has 0 radical (unpaired) electrons. The number of hydrogen-bond acceptors (Lipinski definition) is 4. The van der Waals surface area contributed by atoms with Crippen LogP contribution < -0.4 is 0 Å². The Kier molecular flexibility index (Phi) is 3.02. The van der Waals surface area contributed by atoms with Gasteiger partial charge < -0.3 is 0 Å². The van der Waals surface area contributed by atoms with E-state index in [1.165, 1.54) is 0 Å². The predicted octanol–water partition coefficient (Wildman–Crippen LogP) is 1.34. The summed E-state index contributed by atoms with van der Waals surface area (Å²) in [4.78, 5) is 8.16. The topological polar surface area (TPSA) is 25.8 Å². The molecule has 0 saturated heterocycles. The van der Waals surface area contributed by atoms with Crippen molar-refractivity contribution in [3.05, 3.63) is 23.8 Å². The number of nitrogens with zero attached hydrogens (tertiary/aromatic N) is 2. The summed E-state index contributed by atoms with van der Waals surface area (Å²) in [6.45, 7) is 0. The summed E-state index contributed by atoms with van der Waals surface area (Å²) < 4.78 is 0. The molecule has 0 unspecified atom stereocenters. The lowest BCUT2D eigenvalue weighted by Gasteiger charge is -1.99. The molecule has 2 nitrogen and oxygen atoms in total. The highest BCUT2D eigenvalue weighted by Gasteiger charge is 1.98. The first-order valence-corrected chi connectivity index (χ1v) is 4.15. The average molecular weight is 172 g/mol. The summed E-state index contributed by atoms with van der Waals surface area (Å²) in [6, 6.07) is 0. The summed E-state index contributed by atoms with van der Waals surface area (Å²) in [5, 5.41) is 0. The maximum Gasteiger partial charge on any atom is 0.0723 e. The van der Waals surface area contributed by atoms with Crippen LogP contribution in [0, 0.1) is 0 Å². The zero-order chi connectivity index (χ0) is 7.40. The second kappa shape index (κ2) is 3.83. The van der Waals surface area contributed by atoms with Crippen molar-refractivity contribution in [2.75, 3.05) is 0 Å². The van der Waals surface area contributed by atoms with Crippen molar-refractivity contribution in [1.29, 1.82) is 0 Å². The van der Waals surface area contributed by atoms with Gasteiger partial charge in [-0.25, -0.2) is 0 Å². The summed E-state index contributed by atoms with van der Waals surface area (Å²) in [5.41, 5.74) is 1.83. The molecule has 1 aromatic heterocycles. The van der Waals surface area contributed by atoms with Crippen molar-refractivity contribution < 1.29 is 0 Å². The highest BCUT2D eigenvalue weighted by Crippen LogP contribution is 2.06. The van der Waals surface area contributed by atoms with Crippen LogP contribution in [-0.2, 0) is 11.5 Å². The van der Waals surface area contributed by atoms with Crippen molar-refractivity contribution in [3.63, 3.8) is 0 Å². The Balaban J connectivity index is 2.96. The molecule has 0 saturated carbocycles. The fourth-order valence-electron chi connectivity index (χ4n) is 0.660. The van der Waals surface area contributed by atoms with Crippen molar-refractivity contribution >= 4 is 25.3 Å².